The van der Waals surface area contributed by atoms with Crippen molar-refractivity contribution in [3.8, 4) is 0 Å². The molecule has 19 heavy (non-hydrogen) atoms. The van der Waals surface area contributed by atoms with Gasteiger partial charge in [-0.15, -0.1) is 0 Å². The highest BCUT2D eigenvalue weighted by molar-refractivity contribution is 5.59. The molecule has 0 amide bonds. The summed E-state index contributed by atoms with van der Waals surface area (Å²) in [7, 11) is 0. The average Bonchev–Trinajstić information content (AvgIpc) is 2.69. The molecule has 1 fully saturated rings. The first-order chi connectivity index (χ1) is 8.83. The van der Waals surface area contributed by atoms with Crippen molar-refractivity contribution in [1.82, 2.24) is 4.57 Å². The summed E-state index contributed by atoms with van der Waals surface area (Å²) in [6.45, 7) is 15.9. The number of aryl methyl sites for hydroxylation is 1. The molecule has 0 bridgehead atoms. The Morgan fingerprint density at radius 2 is 1.68 bits per heavy atom. The SMILES string of the molecule is CC1=C(C)C2(n3[c]c(C)c(C)c3C)C(=C1C)CC2C. The molecule has 2 unspecified atom stereocenters. The van der Waals surface area contributed by atoms with Crippen LogP contribution in [0.3, 0.4) is 0 Å². The molecular formula is C18H24N. The van der Waals surface area contributed by atoms with Crippen molar-refractivity contribution >= 4 is 0 Å². The Labute approximate surface area is 117 Å². The highest BCUT2D eigenvalue weighted by atomic mass is 15.1. The van der Waals surface area contributed by atoms with E-state index in [9.17, 15) is 0 Å². The normalized spacial score (nSPS) is 29.9. The van der Waals surface area contributed by atoms with E-state index in [1.807, 2.05) is 0 Å². The molecule has 101 valence electrons. The van der Waals surface area contributed by atoms with Crippen LogP contribution in [-0.4, -0.2) is 4.57 Å². The summed E-state index contributed by atoms with van der Waals surface area (Å²) >= 11 is 0. The Bertz CT molecular complexity index is 619. The minimum absolute atomic E-state index is 0.108. The number of hydrogen-bond donors (Lipinski definition) is 0. The molecule has 2 aliphatic carbocycles. The third-order valence-electron chi connectivity index (χ3n) is 5.91. The van der Waals surface area contributed by atoms with Crippen molar-refractivity contribution in [2.24, 2.45) is 5.92 Å². The van der Waals surface area contributed by atoms with E-state index in [4.69, 9.17) is 0 Å². The zero-order valence-electron chi connectivity index (χ0n) is 13.2. The van der Waals surface area contributed by atoms with Gasteiger partial charge >= 0.3 is 0 Å². The molecule has 0 spiro atoms. The van der Waals surface area contributed by atoms with E-state index in [1.165, 1.54) is 40.0 Å². The third-order valence-corrected chi connectivity index (χ3v) is 5.91. The molecular weight excluding hydrogens is 230 g/mol. The predicted molar refractivity (Wildman–Crippen MR) is 80.3 cm³/mol. The van der Waals surface area contributed by atoms with Gasteiger partial charge in [-0.1, -0.05) is 6.92 Å². The Balaban J connectivity index is 2.31. The van der Waals surface area contributed by atoms with Crippen LogP contribution >= 0.6 is 0 Å². The van der Waals surface area contributed by atoms with Crippen LogP contribution in [0.5, 0.6) is 0 Å². The quantitative estimate of drug-likeness (QED) is 0.689. The van der Waals surface area contributed by atoms with E-state index >= 15 is 0 Å². The molecule has 0 aliphatic heterocycles. The first-order valence-corrected chi connectivity index (χ1v) is 7.30. The monoisotopic (exact) mass is 254 g/mol. The molecule has 1 aromatic rings. The van der Waals surface area contributed by atoms with Crippen molar-refractivity contribution in [2.45, 2.75) is 60.4 Å². The highest BCUT2D eigenvalue weighted by Gasteiger charge is 2.56. The Morgan fingerprint density at radius 1 is 1.05 bits per heavy atom. The fourth-order valence-corrected chi connectivity index (χ4v) is 4.25. The van der Waals surface area contributed by atoms with Gasteiger partial charge in [0.15, 0.2) is 0 Å². The summed E-state index contributed by atoms with van der Waals surface area (Å²) in [6, 6.07) is 0. The van der Waals surface area contributed by atoms with Crippen molar-refractivity contribution in [1.29, 1.82) is 0 Å². The number of hydrogen-bond acceptors (Lipinski definition) is 0. The smallest absolute Gasteiger partial charge is 0.0910 e. The molecule has 1 heterocycles. The van der Waals surface area contributed by atoms with Gasteiger partial charge in [-0.25, -0.2) is 0 Å². The van der Waals surface area contributed by atoms with Crippen LogP contribution in [0.1, 0.15) is 50.9 Å². The molecule has 3 rings (SSSR count). The lowest BCUT2D eigenvalue weighted by Crippen LogP contribution is -2.50. The first kappa shape index (κ1) is 12.8. The van der Waals surface area contributed by atoms with E-state index in [0.717, 1.165) is 0 Å². The Kier molecular flexibility index (Phi) is 2.46. The van der Waals surface area contributed by atoms with Gasteiger partial charge in [0.2, 0.25) is 0 Å². The topological polar surface area (TPSA) is 4.93 Å². The minimum Gasteiger partial charge on any atom is -0.329 e. The molecule has 2 aliphatic rings. The zero-order valence-corrected chi connectivity index (χ0v) is 13.2. The van der Waals surface area contributed by atoms with E-state index in [0.29, 0.717) is 5.92 Å². The molecule has 1 heteroatoms. The van der Waals surface area contributed by atoms with Gasteiger partial charge in [-0.2, -0.15) is 0 Å². The zero-order chi connectivity index (χ0) is 14.1. The van der Waals surface area contributed by atoms with Gasteiger partial charge in [-0.3, -0.25) is 0 Å². The molecule has 1 aromatic heterocycles. The number of rotatable bonds is 1. The first-order valence-electron chi connectivity index (χ1n) is 7.30. The predicted octanol–water partition coefficient (Wildman–Crippen LogP) is 4.62. The number of fused-ring (bicyclic) bond motifs is 1. The van der Waals surface area contributed by atoms with Crippen LogP contribution < -0.4 is 0 Å². The molecule has 1 radical (unpaired) electrons. The van der Waals surface area contributed by atoms with E-state index in [-0.39, 0.29) is 5.54 Å². The average molecular weight is 254 g/mol. The van der Waals surface area contributed by atoms with E-state index in [1.54, 1.807) is 5.57 Å². The summed E-state index contributed by atoms with van der Waals surface area (Å²) in [5, 5.41) is 0. The molecule has 0 aromatic carbocycles. The highest BCUT2D eigenvalue weighted by Crippen LogP contribution is 2.61. The van der Waals surface area contributed by atoms with Crippen molar-refractivity contribution in [2.75, 3.05) is 0 Å². The molecule has 0 saturated heterocycles. The van der Waals surface area contributed by atoms with Crippen molar-refractivity contribution in [3.05, 3.63) is 45.3 Å². The summed E-state index contributed by atoms with van der Waals surface area (Å²) in [5.41, 5.74) is 10.4. The summed E-state index contributed by atoms with van der Waals surface area (Å²) in [6.07, 6.45) is 4.87. The second-order valence-electron chi connectivity index (χ2n) is 6.51. The van der Waals surface area contributed by atoms with Gasteiger partial charge in [0.25, 0.3) is 0 Å². The van der Waals surface area contributed by atoms with E-state index in [2.05, 4.69) is 59.2 Å². The lowest BCUT2D eigenvalue weighted by atomic mass is 9.61. The maximum atomic E-state index is 3.63. The molecule has 0 N–H and O–H groups in total. The number of aromatic nitrogens is 1. The number of nitrogens with zero attached hydrogens (tertiary/aromatic N) is 1. The lowest BCUT2D eigenvalue weighted by molar-refractivity contribution is 0.188. The van der Waals surface area contributed by atoms with Crippen molar-refractivity contribution in [3.63, 3.8) is 0 Å². The molecule has 2 atom stereocenters. The standard InChI is InChI=1S/C18H24N/c1-10-9-19(16(7)12(10)3)18-11(2)8-17(18)14(5)13(4)15(18)6/h11H,8H2,1-7H3. The minimum atomic E-state index is 0.108. The second kappa shape index (κ2) is 3.65. The van der Waals surface area contributed by atoms with Gasteiger partial charge in [0, 0.05) is 5.69 Å². The second-order valence-corrected chi connectivity index (χ2v) is 6.51. The number of allylic oxidation sites excluding steroid dienone is 4. The fourth-order valence-electron chi connectivity index (χ4n) is 4.25. The van der Waals surface area contributed by atoms with Crippen LogP contribution in [0, 0.1) is 32.9 Å². The fraction of sp³-hybridized carbons (Fsp3) is 0.556. The van der Waals surface area contributed by atoms with Gasteiger partial charge in [0.1, 0.15) is 0 Å². The van der Waals surface area contributed by atoms with Gasteiger partial charge in [-0.05, 0) is 87.3 Å². The maximum Gasteiger partial charge on any atom is 0.0910 e. The van der Waals surface area contributed by atoms with Gasteiger partial charge in [0.05, 0.1) is 11.7 Å². The summed E-state index contributed by atoms with van der Waals surface area (Å²) in [5.74, 6) is 0.677. The summed E-state index contributed by atoms with van der Waals surface area (Å²) in [4.78, 5) is 0. The maximum absolute atomic E-state index is 3.63. The summed E-state index contributed by atoms with van der Waals surface area (Å²) < 4.78 is 2.44. The van der Waals surface area contributed by atoms with Crippen LogP contribution in [-0.2, 0) is 5.54 Å². The van der Waals surface area contributed by atoms with E-state index < -0.39 is 0 Å². The van der Waals surface area contributed by atoms with Crippen LogP contribution in [0.15, 0.2) is 22.3 Å². The lowest BCUT2D eigenvalue weighted by Gasteiger charge is -2.51. The van der Waals surface area contributed by atoms with Crippen LogP contribution in [0.2, 0.25) is 0 Å². The molecule has 1 nitrogen and oxygen atoms in total. The van der Waals surface area contributed by atoms with Crippen LogP contribution in [0.25, 0.3) is 0 Å². The Hall–Kier alpha value is -1.24. The molecule has 1 saturated carbocycles. The van der Waals surface area contributed by atoms with Crippen molar-refractivity contribution < 1.29 is 0 Å². The Morgan fingerprint density at radius 3 is 2.11 bits per heavy atom. The van der Waals surface area contributed by atoms with Crippen LogP contribution in [0.4, 0.5) is 0 Å². The third kappa shape index (κ3) is 1.22. The largest absolute Gasteiger partial charge is 0.329 e. The van der Waals surface area contributed by atoms with Gasteiger partial charge < -0.3 is 4.57 Å².